The highest BCUT2D eigenvalue weighted by Gasteiger charge is 2.34. The van der Waals surface area contributed by atoms with Crippen molar-refractivity contribution >= 4 is 11.6 Å². The topological polar surface area (TPSA) is 26.0 Å². The predicted molar refractivity (Wildman–Crippen MR) is 62.8 cm³/mol. The minimum Gasteiger partial charge on any atom is -0.324 e. The number of alkyl halides is 3. The molecule has 0 amide bonds. The maximum Gasteiger partial charge on any atom is 0.416 e. The second kappa shape index (κ2) is 5.27. The van der Waals surface area contributed by atoms with Crippen molar-refractivity contribution < 1.29 is 13.2 Å². The zero-order valence-corrected chi connectivity index (χ0v) is 10.4. The van der Waals surface area contributed by atoms with Crippen LogP contribution in [0.2, 0.25) is 5.02 Å². The summed E-state index contributed by atoms with van der Waals surface area (Å²) in [6.45, 7) is 3.84. The van der Waals surface area contributed by atoms with Crippen molar-refractivity contribution in [1.29, 1.82) is 0 Å². The highest BCUT2D eigenvalue weighted by Crippen LogP contribution is 2.36. The van der Waals surface area contributed by atoms with Crippen LogP contribution in [0.15, 0.2) is 18.2 Å². The zero-order valence-electron chi connectivity index (χ0n) is 9.68. The van der Waals surface area contributed by atoms with Crippen molar-refractivity contribution in [3.63, 3.8) is 0 Å². The van der Waals surface area contributed by atoms with E-state index in [1.807, 2.05) is 13.8 Å². The van der Waals surface area contributed by atoms with Crippen LogP contribution in [0.25, 0.3) is 0 Å². The maximum absolute atomic E-state index is 12.8. The lowest BCUT2D eigenvalue weighted by Gasteiger charge is -2.20. The maximum atomic E-state index is 12.8. The molecule has 0 aromatic heterocycles. The summed E-state index contributed by atoms with van der Waals surface area (Å²) < 4.78 is 38.4. The Bertz CT molecular complexity index is 388. The Labute approximate surface area is 104 Å². The molecule has 96 valence electrons. The van der Waals surface area contributed by atoms with E-state index in [0.29, 0.717) is 6.42 Å². The number of rotatable bonds is 3. The normalized spacial score (nSPS) is 14.1. The molecule has 1 aromatic carbocycles. The van der Waals surface area contributed by atoms with Crippen molar-refractivity contribution in [1.82, 2.24) is 0 Å². The van der Waals surface area contributed by atoms with Crippen molar-refractivity contribution in [2.24, 2.45) is 11.7 Å². The molecule has 0 bridgehead atoms. The molecule has 0 fully saturated rings. The first-order valence-electron chi connectivity index (χ1n) is 5.34. The number of benzene rings is 1. The Morgan fingerprint density at radius 3 is 2.35 bits per heavy atom. The van der Waals surface area contributed by atoms with Crippen LogP contribution in [-0.4, -0.2) is 0 Å². The van der Waals surface area contributed by atoms with E-state index in [-0.39, 0.29) is 16.5 Å². The lowest BCUT2D eigenvalue weighted by atomic mass is 9.94. The molecule has 0 unspecified atom stereocenters. The van der Waals surface area contributed by atoms with Gasteiger partial charge in [0.05, 0.1) is 5.56 Å². The van der Waals surface area contributed by atoms with Crippen molar-refractivity contribution in [2.75, 3.05) is 0 Å². The smallest absolute Gasteiger partial charge is 0.324 e. The van der Waals surface area contributed by atoms with Crippen LogP contribution in [-0.2, 0) is 6.18 Å². The van der Waals surface area contributed by atoms with Gasteiger partial charge in [0.1, 0.15) is 0 Å². The quantitative estimate of drug-likeness (QED) is 0.861. The highest BCUT2D eigenvalue weighted by atomic mass is 35.5. The fraction of sp³-hybridized carbons (Fsp3) is 0.500. The summed E-state index contributed by atoms with van der Waals surface area (Å²) in [6, 6.07) is 3.10. The van der Waals surface area contributed by atoms with Crippen LogP contribution >= 0.6 is 11.6 Å². The Morgan fingerprint density at radius 1 is 1.29 bits per heavy atom. The molecule has 0 aliphatic heterocycles. The van der Waals surface area contributed by atoms with E-state index in [1.54, 1.807) is 0 Å². The Morgan fingerprint density at radius 2 is 1.88 bits per heavy atom. The van der Waals surface area contributed by atoms with Crippen molar-refractivity contribution in [3.05, 3.63) is 34.3 Å². The number of hydrogen-bond acceptors (Lipinski definition) is 1. The molecule has 0 spiro atoms. The molecule has 0 saturated carbocycles. The highest BCUT2D eigenvalue weighted by molar-refractivity contribution is 6.30. The van der Waals surface area contributed by atoms with Gasteiger partial charge < -0.3 is 5.73 Å². The monoisotopic (exact) mass is 265 g/mol. The van der Waals surface area contributed by atoms with E-state index in [0.717, 1.165) is 6.07 Å². The van der Waals surface area contributed by atoms with Crippen molar-refractivity contribution in [2.45, 2.75) is 32.5 Å². The van der Waals surface area contributed by atoms with Gasteiger partial charge in [-0.05, 0) is 30.0 Å². The number of nitrogens with two attached hydrogens (primary N) is 1. The van der Waals surface area contributed by atoms with Gasteiger partial charge in [-0.25, -0.2) is 0 Å². The van der Waals surface area contributed by atoms with Gasteiger partial charge in [0.25, 0.3) is 0 Å². The zero-order chi connectivity index (χ0) is 13.2. The summed E-state index contributed by atoms with van der Waals surface area (Å²) in [5.41, 5.74) is 5.17. The SMILES string of the molecule is CC(C)C[C@@H](N)c1ccc(Cl)cc1C(F)(F)F. The number of hydrogen-bond donors (Lipinski definition) is 1. The molecule has 1 nitrogen and oxygen atoms in total. The molecule has 0 aliphatic carbocycles. The Hall–Kier alpha value is -0.740. The summed E-state index contributed by atoms with van der Waals surface area (Å²) in [4.78, 5) is 0. The number of halogens is 4. The fourth-order valence-electron chi connectivity index (χ4n) is 1.73. The second-order valence-electron chi connectivity index (χ2n) is 4.47. The lowest BCUT2D eigenvalue weighted by Crippen LogP contribution is -2.19. The molecule has 0 radical (unpaired) electrons. The first-order chi connectivity index (χ1) is 7.71. The van der Waals surface area contributed by atoms with E-state index in [4.69, 9.17) is 17.3 Å². The van der Waals surface area contributed by atoms with Gasteiger partial charge in [-0.3, -0.25) is 0 Å². The fourth-order valence-corrected chi connectivity index (χ4v) is 1.90. The van der Waals surface area contributed by atoms with Crippen LogP contribution in [0.5, 0.6) is 0 Å². The molecule has 1 rings (SSSR count). The molecule has 5 heteroatoms. The molecular weight excluding hydrogens is 251 g/mol. The minimum absolute atomic E-state index is 0.0674. The first kappa shape index (κ1) is 14.3. The third-order valence-corrected chi connectivity index (χ3v) is 2.68. The van der Waals surface area contributed by atoms with Crippen LogP contribution in [0.1, 0.15) is 37.4 Å². The average molecular weight is 266 g/mol. The Balaban J connectivity index is 3.15. The van der Waals surface area contributed by atoms with Gasteiger partial charge in [-0.2, -0.15) is 13.2 Å². The molecule has 0 aliphatic rings. The van der Waals surface area contributed by atoms with Gasteiger partial charge in [-0.1, -0.05) is 31.5 Å². The van der Waals surface area contributed by atoms with Gasteiger partial charge in [0, 0.05) is 11.1 Å². The molecule has 1 atom stereocenters. The average Bonchev–Trinajstić information content (AvgIpc) is 2.14. The molecule has 17 heavy (non-hydrogen) atoms. The summed E-state index contributed by atoms with van der Waals surface area (Å²) in [5.74, 6) is 0.238. The largest absolute Gasteiger partial charge is 0.416 e. The van der Waals surface area contributed by atoms with E-state index >= 15 is 0 Å². The van der Waals surface area contributed by atoms with E-state index in [2.05, 4.69) is 0 Å². The lowest BCUT2D eigenvalue weighted by molar-refractivity contribution is -0.138. The van der Waals surface area contributed by atoms with Gasteiger partial charge in [0.2, 0.25) is 0 Å². The van der Waals surface area contributed by atoms with E-state index in [1.165, 1.54) is 12.1 Å². The summed E-state index contributed by atoms with van der Waals surface area (Å²) in [5, 5.41) is 0.0674. The van der Waals surface area contributed by atoms with Crippen LogP contribution in [0.3, 0.4) is 0 Å². The third-order valence-electron chi connectivity index (χ3n) is 2.45. The third kappa shape index (κ3) is 3.89. The van der Waals surface area contributed by atoms with Crippen molar-refractivity contribution in [3.8, 4) is 0 Å². The van der Waals surface area contributed by atoms with Gasteiger partial charge in [0.15, 0.2) is 0 Å². The van der Waals surface area contributed by atoms with E-state index in [9.17, 15) is 13.2 Å². The van der Waals surface area contributed by atoms with Gasteiger partial charge in [-0.15, -0.1) is 0 Å². The summed E-state index contributed by atoms with van der Waals surface area (Å²) in [6.07, 6.45) is -3.92. The first-order valence-corrected chi connectivity index (χ1v) is 5.72. The molecule has 1 aromatic rings. The van der Waals surface area contributed by atoms with E-state index < -0.39 is 17.8 Å². The molecular formula is C12H15ClF3N. The summed E-state index contributed by atoms with van der Waals surface area (Å²) in [7, 11) is 0. The minimum atomic E-state index is -4.42. The van der Waals surface area contributed by atoms with Crippen LogP contribution in [0, 0.1) is 5.92 Å². The summed E-state index contributed by atoms with van der Waals surface area (Å²) >= 11 is 5.59. The Kier molecular flexibility index (Phi) is 4.44. The van der Waals surface area contributed by atoms with Crippen LogP contribution < -0.4 is 5.73 Å². The van der Waals surface area contributed by atoms with Crippen LogP contribution in [0.4, 0.5) is 13.2 Å². The second-order valence-corrected chi connectivity index (χ2v) is 4.90. The molecule has 0 saturated heterocycles. The van der Waals surface area contributed by atoms with Gasteiger partial charge >= 0.3 is 6.18 Å². The standard InChI is InChI=1S/C12H15ClF3N/c1-7(2)5-11(17)9-4-3-8(13)6-10(9)12(14,15)16/h3-4,6-7,11H,5,17H2,1-2H3/t11-/m1/s1. The molecule has 2 N–H and O–H groups in total. The predicted octanol–water partition coefficient (Wildman–Crippen LogP) is 4.40. The molecule has 0 heterocycles.